The van der Waals surface area contributed by atoms with Crippen molar-refractivity contribution in [3.63, 3.8) is 0 Å². The summed E-state index contributed by atoms with van der Waals surface area (Å²) in [6.07, 6.45) is 2.48. The SMILES string of the molecule is Cl.Cl.Nc1cccc(C2CCNCC2)c1. The summed E-state index contributed by atoms with van der Waals surface area (Å²) in [6.45, 7) is 2.28. The summed E-state index contributed by atoms with van der Waals surface area (Å²) < 4.78 is 0. The molecule has 1 aromatic rings. The molecule has 86 valence electrons. The third-order valence-corrected chi connectivity index (χ3v) is 2.72. The maximum absolute atomic E-state index is 5.75. The van der Waals surface area contributed by atoms with E-state index in [9.17, 15) is 0 Å². The van der Waals surface area contributed by atoms with E-state index in [0.29, 0.717) is 5.92 Å². The standard InChI is InChI=1S/C11H16N2.2ClH/c12-11-3-1-2-10(8-11)9-4-6-13-7-5-9;;/h1-3,8-9,13H,4-7,12H2;2*1H. The molecule has 0 aliphatic carbocycles. The molecule has 1 aliphatic heterocycles. The van der Waals surface area contributed by atoms with Gasteiger partial charge in [-0.05, 0) is 49.5 Å². The van der Waals surface area contributed by atoms with Crippen molar-refractivity contribution in [2.24, 2.45) is 0 Å². The van der Waals surface area contributed by atoms with Crippen LogP contribution in [0.3, 0.4) is 0 Å². The van der Waals surface area contributed by atoms with Gasteiger partial charge in [-0.25, -0.2) is 0 Å². The summed E-state index contributed by atoms with van der Waals surface area (Å²) in [5.74, 6) is 0.713. The van der Waals surface area contributed by atoms with Gasteiger partial charge in [0.15, 0.2) is 0 Å². The van der Waals surface area contributed by atoms with Crippen molar-refractivity contribution in [1.82, 2.24) is 5.32 Å². The van der Waals surface area contributed by atoms with Crippen LogP contribution in [0.1, 0.15) is 24.3 Å². The zero-order valence-electron chi connectivity index (χ0n) is 8.61. The van der Waals surface area contributed by atoms with E-state index in [1.807, 2.05) is 12.1 Å². The van der Waals surface area contributed by atoms with Gasteiger partial charge >= 0.3 is 0 Å². The lowest BCUT2D eigenvalue weighted by atomic mass is 9.90. The molecule has 1 heterocycles. The second-order valence-corrected chi connectivity index (χ2v) is 3.69. The third kappa shape index (κ3) is 3.90. The van der Waals surface area contributed by atoms with Gasteiger partial charge in [0.2, 0.25) is 0 Å². The average Bonchev–Trinajstić information content (AvgIpc) is 2.19. The highest BCUT2D eigenvalue weighted by molar-refractivity contribution is 5.85. The maximum atomic E-state index is 5.75. The zero-order valence-corrected chi connectivity index (χ0v) is 10.2. The monoisotopic (exact) mass is 248 g/mol. The van der Waals surface area contributed by atoms with E-state index < -0.39 is 0 Å². The second-order valence-electron chi connectivity index (χ2n) is 3.69. The number of piperidine rings is 1. The van der Waals surface area contributed by atoms with Crippen LogP contribution in [-0.2, 0) is 0 Å². The van der Waals surface area contributed by atoms with E-state index in [4.69, 9.17) is 5.73 Å². The van der Waals surface area contributed by atoms with Gasteiger partial charge in [0, 0.05) is 5.69 Å². The number of hydrogen-bond acceptors (Lipinski definition) is 2. The van der Waals surface area contributed by atoms with Crippen LogP contribution >= 0.6 is 24.8 Å². The summed E-state index contributed by atoms with van der Waals surface area (Å²) in [4.78, 5) is 0. The molecule has 0 radical (unpaired) electrons. The van der Waals surface area contributed by atoms with E-state index in [1.54, 1.807) is 0 Å². The molecule has 0 bridgehead atoms. The molecule has 1 aromatic carbocycles. The Morgan fingerprint density at radius 2 is 1.80 bits per heavy atom. The first-order chi connectivity index (χ1) is 6.36. The van der Waals surface area contributed by atoms with Crippen LogP contribution < -0.4 is 11.1 Å². The Morgan fingerprint density at radius 3 is 2.40 bits per heavy atom. The molecule has 0 aromatic heterocycles. The van der Waals surface area contributed by atoms with E-state index in [1.165, 1.54) is 18.4 Å². The van der Waals surface area contributed by atoms with Gasteiger partial charge in [-0.15, -0.1) is 24.8 Å². The lowest BCUT2D eigenvalue weighted by molar-refractivity contribution is 0.460. The molecule has 0 atom stereocenters. The van der Waals surface area contributed by atoms with Gasteiger partial charge in [-0.1, -0.05) is 12.1 Å². The Kier molecular flexibility index (Phi) is 6.73. The predicted molar refractivity (Wildman–Crippen MR) is 70.2 cm³/mol. The number of halogens is 2. The van der Waals surface area contributed by atoms with Gasteiger partial charge in [0.1, 0.15) is 0 Å². The summed E-state index contributed by atoms with van der Waals surface area (Å²) in [6, 6.07) is 8.29. The van der Waals surface area contributed by atoms with Crippen molar-refractivity contribution in [2.45, 2.75) is 18.8 Å². The number of benzene rings is 1. The van der Waals surface area contributed by atoms with E-state index in [-0.39, 0.29) is 24.8 Å². The number of hydrogen-bond donors (Lipinski definition) is 2. The first kappa shape index (κ1) is 14.6. The summed E-state index contributed by atoms with van der Waals surface area (Å²) in [5.41, 5.74) is 8.04. The lowest BCUT2D eigenvalue weighted by Crippen LogP contribution is -2.26. The molecule has 2 nitrogen and oxygen atoms in total. The molecular weight excluding hydrogens is 231 g/mol. The maximum Gasteiger partial charge on any atom is 0.0316 e. The molecule has 4 heteroatoms. The Labute approximate surface area is 103 Å². The smallest absolute Gasteiger partial charge is 0.0316 e. The zero-order chi connectivity index (χ0) is 9.10. The van der Waals surface area contributed by atoms with Crippen molar-refractivity contribution >= 4 is 30.5 Å². The van der Waals surface area contributed by atoms with E-state index >= 15 is 0 Å². The lowest BCUT2D eigenvalue weighted by Gasteiger charge is -2.23. The van der Waals surface area contributed by atoms with Crippen molar-refractivity contribution in [3.05, 3.63) is 29.8 Å². The van der Waals surface area contributed by atoms with Crippen LogP contribution in [0.5, 0.6) is 0 Å². The fourth-order valence-electron chi connectivity index (χ4n) is 1.97. The minimum absolute atomic E-state index is 0. The molecule has 3 N–H and O–H groups in total. The minimum atomic E-state index is 0. The highest BCUT2D eigenvalue weighted by Crippen LogP contribution is 2.25. The van der Waals surface area contributed by atoms with Crippen molar-refractivity contribution in [2.75, 3.05) is 18.8 Å². The predicted octanol–water partition coefficient (Wildman–Crippen LogP) is 2.58. The Bertz CT molecular complexity index is 286. The number of nitrogens with two attached hydrogens (primary N) is 1. The summed E-state index contributed by atoms with van der Waals surface area (Å²) in [5, 5.41) is 3.37. The molecule has 0 amide bonds. The van der Waals surface area contributed by atoms with Gasteiger partial charge in [-0.2, -0.15) is 0 Å². The topological polar surface area (TPSA) is 38.0 Å². The average molecular weight is 249 g/mol. The Morgan fingerprint density at radius 1 is 1.13 bits per heavy atom. The van der Waals surface area contributed by atoms with Crippen LogP contribution in [0.25, 0.3) is 0 Å². The molecule has 0 spiro atoms. The summed E-state index contributed by atoms with van der Waals surface area (Å²) >= 11 is 0. The van der Waals surface area contributed by atoms with Crippen LogP contribution in [0.2, 0.25) is 0 Å². The first-order valence-electron chi connectivity index (χ1n) is 4.92. The Hall–Kier alpha value is -0.440. The quantitative estimate of drug-likeness (QED) is 0.751. The molecule has 2 rings (SSSR count). The highest BCUT2D eigenvalue weighted by atomic mass is 35.5. The van der Waals surface area contributed by atoms with Crippen molar-refractivity contribution in [1.29, 1.82) is 0 Å². The van der Waals surface area contributed by atoms with Crippen LogP contribution in [-0.4, -0.2) is 13.1 Å². The van der Waals surface area contributed by atoms with Crippen LogP contribution in [0.4, 0.5) is 5.69 Å². The first-order valence-corrected chi connectivity index (χ1v) is 4.92. The second kappa shape index (κ2) is 6.94. The number of nitrogen functional groups attached to an aromatic ring is 1. The van der Waals surface area contributed by atoms with Gasteiger partial charge in [0.25, 0.3) is 0 Å². The largest absolute Gasteiger partial charge is 0.399 e. The molecule has 15 heavy (non-hydrogen) atoms. The van der Waals surface area contributed by atoms with Crippen molar-refractivity contribution in [3.8, 4) is 0 Å². The molecule has 0 saturated carbocycles. The van der Waals surface area contributed by atoms with Gasteiger partial charge < -0.3 is 11.1 Å². The van der Waals surface area contributed by atoms with Crippen molar-refractivity contribution < 1.29 is 0 Å². The fraction of sp³-hybridized carbons (Fsp3) is 0.455. The minimum Gasteiger partial charge on any atom is -0.399 e. The van der Waals surface area contributed by atoms with E-state index in [0.717, 1.165) is 18.8 Å². The van der Waals surface area contributed by atoms with Gasteiger partial charge in [0.05, 0.1) is 0 Å². The van der Waals surface area contributed by atoms with Crippen LogP contribution in [0.15, 0.2) is 24.3 Å². The number of anilines is 1. The normalized spacial score (nSPS) is 16.3. The highest BCUT2D eigenvalue weighted by Gasteiger charge is 2.14. The number of nitrogens with one attached hydrogen (secondary N) is 1. The molecule has 1 saturated heterocycles. The molecule has 1 aliphatic rings. The van der Waals surface area contributed by atoms with Gasteiger partial charge in [-0.3, -0.25) is 0 Å². The van der Waals surface area contributed by atoms with Crippen LogP contribution in [0, 0.1) is 0 Å². The summed E-state index contributed by atoms with van der Waals surface area (Å²) in [7, 11) is 0. The molecule has 1 fully saturated rings. The third-order valence-electron chi connectivity index (χ3n) is 2.72. The number of rotatable bonds is 1. The fourth-order valence-corrected chi connectivity index (χ4v) is 1.97. The Balaban J connectivity index is 0.000000980. The molecular formula is C11H18Cl2N2. The molecule has 0 unspecified atom stereocenters. The van der Waals surface area contributed by atoms with E-state index in [2.05, 4.69) is 17.4 Å².